The molecule has 0 saturated heterocycles. The van der Waals surface area contributed by atoms with Gasteiger partial charge in [-0.15, -0.1) is 0 Å². The highest BCUT2D eigenvalue weighted by Crippen LogP contribution is 1.91. The zero-order chi connectivity index (χ0) is 10.3. The van der Waals surface area contributed by atoms with Crippen molar-refractivity contribution in [3.63, 3.8) is 0 Å². The van der Waals surface area contributed by atoms with E-state index in [-0.39, 0.29) is 0 Å². The molecule has 0 unspecified atom stereocenters. The van der Waals surface area contributed by atoms with E-state index < -0.39 is 7.12 Å². The third kappa shape index (κ3) is 3.87. The molecule has 1 aromatic rings. The van der Waals surface area contributed by atoms with Crippen molar-refractivity contribution in [1.82, 2.24) is 0 Å². The van der Waals surface area contributed by atoms with Gasteiger partial charge in [0.25, 0.3) is 0 Å². The van der Waals surface area contributed by atoms with Crippen molar-refractivity contribution in [1.29, 1.82) is 0 Å². The van der Waals surface area contributed by atoms with Crippen LogP contribution in [0.15, 0.2) is 24.3 Å². The Balaban J connectivity index is 0.000000671. The van der Waals surface area contributed by atoms with Gasteiger partial charge in [-0.2, -0.15) is 0 Å². The minimum atomic E-state index is -1.50. The summed E-state index contributed by atoms with van der Waals surface area (Å²) in [5.74, 6) is 0. The number of carbonyl (C=O) groups excluding carboxylic acids is 1. The second kappa shape index (κ2) is 6.40. The summed E-state index contributed by atoms with van der Waals surface area (Å²) in [6.07, 6.45) is 0.659. The van der Waals surface area contributed by atoms with Crippen molar-refractivity contribution >= 4 is 18.9 Å². The molecule has 0 aliphatic carbocycles. The molecule has 0 bridgehead atoms. The van der Waals surface area contributed by atoms with Gasteiger partial charge in [0.2, 0.25) is 0 Å². The van der Waals surface area contributed by atoms with Crippen molar-refractivity contribution in [2.45, 2.75) is 13.8 Å². The second-order valence-electron chi connectivity index (χ2n) is 2.16. The van der Waals surface area contributed by atoms with Gasteiger partial charge in [-0.05, 0) is 5.46 Å². The van der Waals surface area contributed by atoms with Crippen LogP contribution in [0.5, 0.6) is 0 Å². The quantitative estimate of drug-likeness (QED) is 0.505. The van der Waals surface area contributed by atoms with E-state index in [2.05, 4.69) is 0 Å². The van der Waals surface area contributed by atoms with E-state index in [1.165, 1.54) is 12.1 Å². The van der Waals surface area contributed by atoms with E-state index >= 15 is 0 Å². The molecule has 1 rings (SSSR count). The number of hydrogen-bond acceptors (Lipinski definition) is 3. The standard InChI is InChI=1S/C7H7BO3.C2H6/c9-5-6-2-1-3-7(4-6)8(10)11;1-2/h1-5,10-11H;1-2H3. The molecule has 0 saturated carbocycles. The van der Waals surface area contributed by atoms with Gasteiger partial charge in [-0.1, -0.05) is 38.1 Å². The summed E-state index contributed by atoms with van der Waals surface area (Å²) < 4.78 is 0. The van der Waals surface area contributed by atoms with E-state index in [9.17, 15) is 4.79 Å². The van der Waals surface area contributed by atoms with Crippen LogP contribution in [0.4, 0.5) is 0 Å². The highest BCUT2D eigenvalue weighted by atomic mass is 16.4. The smallest absolute Gasteiger partial charge is 0.423 e. The molecule has 70 valence electrons. The summed E-state index contributed by atoms with van der Waals surface area (Å²) in [5.41, 5.74) is 0.769. The van der Waals surface area contributed by atoms with Crippen LogP contribution in [0.1, 0.15) is 24.2 Å². The molecule has 4 heteroatoms. The number of hydrogen-bond donors (Lipinski definition) is 2. The van der Waals surface area contributed by atoms with Gasteiger partial charge in [-0.3, -0.25) is 4.79 Å². The Hall–Kier alpha value is -1.13. The lowest BCUT2D eigenvalue weighted by molar-refractivity contribution is 0.112. The van der Waals surface area contributed by atoms with Crippen LogP contribution in [0, 0.1) is 0 Å². The zero-order valence-corrected chi connectivity index (χ0v) is 7.77. The van der Waals surface area contributed by atoms with Gasteiger partial charge in [0, 0.05) is 5.56 Å². The lowest BCUT2D eigenvalue weighted by atomic mass is 9.80. The monoisotopic (exact) mass is 180 g/mol. The summed E-state index contributed by atoms with van der Waals surface area (Å²) in [7, 11) is -1.50. The van der Waals surface area contributed by atoms with Gasteiger partial charge in [0.1, 0.15) is 6.29 Å². The van der Waals surface area contributed by atoms with Gasteiger partial charge >= 0.3 is 7.12 Å². The van der Waals surface area contributed by atoms with Crippen LogP contribution in [0.3, 0.4) is 0 Å². The fraction of sp³-hybridized carbons (Fsp3) is 0.222. The predicted molar refractivity (Wildman–Crippen MR) is 53.0 cm³/mol. The summed E-state index contributed by atoms with van der Waals surface area (Å²) in [6.45, 7) is 4.00. The minimum Gasteiger partial charge on any atom is -0.423 e. The second-order valence-corrected chi connectivity index (χ2v) is 2.16. The number of rotatable bonds is 2. The average Bonchev–Trinajstić information content (AvgIpc) is 2.21. The predicted octanol–water partition coefficient (Wildman–Crippen LogP) is 0.205. The summed E-state index contributed by atoms with van der Waals surface area (Å²) >= 11 is 0. The highest BCUT2D eigenvalue weighted by molar-refractivity contribution is 6.58. The number of aldehydes is 1. The molecular weight excluding hydrogens is 167 g/mol. The molecule has 0 heterocycles. The van der Waals surface area contributed by atoms with E-state index in [4.69, 9.17) is 10.0 Å². The SMILES string of the molecule is CC.O=Cc1cccc(B(O)O)c1. The van der Waals surface area contributed by atoms with Crippen LogP contribution in [-0.4, -0.2) is 23.5 Å². The van der Waals surface area contributed by atoms with Crippen LogP contribution in [-0.2, 0) is 0 Å². The summed E-state index contributed by atoms with van der Waals surface area (Å²) in [5, 5.41) is 17.4. The third-order valence-electron chi connectivity index (χ3n) is 1.34. The molecule has 13 heavy (non-hydrogen) atoms. The van der Waals surface area contributed by atoms with E-state index in [0.29, 0.717) is 17.3 Å². The van der Waals surface area contributed by atoms with Gasteiger partial charge < -0.3 is 10.0 Å². The lowest BCUT2D eigenvalue weighted by Crippen LogP contribution is -2.29. The van der Waals surface area contributed by atoms with Gasteiger partial charge in [0.05, 0.1) is 0 Å². The number of carbonyl (C=O) groups is 1. The van der Waals surface area contributed by atoms with Gasteiger partial charge in [-0.25, -0.2) is 0 Å². The van der Waals surface area contributed by atoms with Crippen LogP contribution >= 0.6 is 0 Å². The Morgan fingerprint density at radius 3 is 2.38 bits per heavy atom. The van der Waals surface area contributed by atoms with Gasteiger partial charge in [0.15, 0.2) is 0 Å². The van der Waals surface area contributed by atoms with Crippen LogP contribution < -0.4 is 5.46 Å². The molecular formula is C9H13BO3. The molecule has 2 N–H and O–H groups in total. The van der Waals surface area contributed by atoms with Crippen molar-refractivity contribution in [2.75, 3.05) is 0 Å². The summed E-state index contributed by atoms with van der Waals surface area (Å²) in [4.78, 5) is 10.2. The third-order valence-corrected chi connectivity index (χ3v) is 1.34. The summed E-state index contributed by atoms with van der Waals surface area (Å²) in [6, 6.07) is 6.16. The first-order chi connectivity index (χ1) is 6.24. The van der Waals surface area contributed by atoms with Crippen molar-refractivity contribution in [3.05, 3.63) is 29.8 Å². The Labute approximate surface area is 78.2 Å². The van der Waals surface area contributed by atoms with Crippen molar-refractivity contribution < 1.29 is 14.8 Å². The normalized spacial score (nSPS) is 8.31. The zero-order valence-electron chi connectivity index (χ0n) is 7.77. The Morgan fingerprint density at radius 1 is 1.31 bits per heavy atom. The molecule has 0 aliphatic heterocycles. The lowest BCUT2D eigenvalue weighted by Gasteiger charge is -1.97. The fourth-order valence-electron chi connectivity index (χ4n) is 0.793. The van der Waals surface area contributed by atoms with Crippen molar-refractivity contribution in [2.24, 2.45) is 0 Å². The largest absolute Gasteiger partial charge is 0.488 e. The minimum absolute atomic E-state index is 0.328. The maximum absolute atomic E-state index is 10.2. The van der Waals surface area contributed by atoms with Crippen LogP contribution in [0.2, 0.25) is 0 Å². The molecule has 0 fully saturated rings. The average molecular weight is 180 g/mol. The molecule has 0 aliphatic rings. The molecule has 0 aromatic heterocycles. The highest BCUT2D eigenvalue weighted by Gasteiger charge is 2.09. The first-order valence-electron chi connectivity index (χ1n) is 4.15. The first-order valence-corrected chi connectivity index (χ1v) is 4.15. The van der Waals surface area contributed by atoms with E-state index in [1.54, 1.807) is 12.1 Å². The number of benzene rings is 1. The topological polar surface area (TPSA) is 57.5 Å². The molecule has 0 spiro atoms. The Morgan fingerprint density at radius 2 is 1.92 bits per heavy atom. The molecule has 1 aromatic carbocycles. The Bertz CT molecular complexity index is 261. The molecule has 0 radical (unpaired) electrons. The Kier molecular flexibility index (Phi) is 5.84. The van der Waals surface area contributed by atoms with Crippen molar-refractivity contribution in [3.8, 4) is 0 Å². The molecule has 3 nitrogen and oxygen atoms in total. The maximum atomic E-state index is 10.2. The van der Waals surface area contributed by atoms with E-state index in [0.717, 1.165) is 0 Å². The fourth-order valence-corrected chi connectivity index (χ4v) is 0.793. The first kappa shape index (κ1) is 11.9. The van der Waals surface area contributed by atoms with Crippen LogP contribution in [0.25, 0.3) is 0 Å². The maximum Gasteiger partial charge on any atom is 0.488 e. The molecule has 0 atom stereocenters. The van der Waals surface area contributed by atoms with E-state index in [1.807, 2.05) is 13.8 Å². The molecule has 0 amide bonds.